The molecule has 7 rings (SSSR count). The van der Waals surface area contributed by atoms with Crippen molar-refractivity contribution in [2.75, 3.05) is 7.11 Å². The highest BCUT2D eigenvalue weighted by atomic mass is 32.3. The SMILES string of the molecule is COc1ccc(-c2c(CC(S(=O)(=O)C(F)(F)F)S(=O)(=O)C(F)(F)F)c3ccccc3c3c2cc2ccc4cccc5ccc3c2c45)cc1. The lowest BCUT2D eigenvalue weighted by Gasteiger charge is -2.25. The second-order valence-corrected chi connectivity index (χ2v) is 15.9. The van der Waals surface area contributed by atoms with Gasteiger partial charge in [-0.3, -0.25) is 0 Å². The minimum Gasteiger partial charge on any atom is -0.497 e. The van der Waals surface area contributed by atoms with Crippen LogP contribution in [0.5, 0.6) is 5.75 Å². The number of hydrogen-bond donors (Lipinski definition) is 0. The molecule has 7 aromatic rings. The molecule has 0 amide bonds. The summed E-state index contributed by atoms with van der Waals surface area (Å²) in [4.78, 5) is 0. The van der Waals surface area contributed by atoms with Crippen molar-refractivity contribution in [1.29, 1.82) is 0 Å². The van der Waals surface area contributed by atoms with Gasteiger partial charge in [-0.05, 0) is 88.8 Å². The van der Waals surface area contributed by atoms with Crippen LogP contribution >= 0.6 is 0 Å². The van der Waals surface area contributed by atoms with E-state index in [4.69, 9.17) is 4.74 Å². The number of methoxy groups -OCH3 is 1. The lowest BCUT2D eigenvalue weighted by molar-refractivity contribution is -0.0471. The van der Waals surface area contributed by atoms with Crippen molar-refractivity contribution in [3.8, 4) is 16.9 Å². The van der Waals surface area contributed by atoms with Crippen molar-refractivity contribution in [2.45, 2.75) is 22.0 Å². The van der Waals surface area contributed by atoms with E-state index in [9.17, 15) is 43.2 Å². The Balaban J connectivity index is 1.69. The molecule has 0 saturated heterocycles. The molecule has 0 saturated carbocycles. The molecule has 0 unspecified atom stereocenters. The average molecular weight is 701 g/mol. The van der Waals surface area contributed by atoms with Gasteiger partial charge in [0.25, 0.3) is 19.7 Å². The van der Waals surface area contributed by atoms with Crippen LogP contribution < -0.4 is 4.74 Å². The van der Waals surface area contributed by atoms with E-state index in [2.05, 4.69) is 0 Å². The molecule has 0 aromatic heterocycles. The van der Waals surface area contributed by atoms with Gasteiger partial charge in [-0.15, -0.1) is 0 Å². The van der Waals surface area contributed by atoms with E-state index in [1.807, 2.05) is 42.5 Å². The third-order valence-electron chi connectivity index (χ3n) is 8.83. The van der Waals surface area contributed by atoms with Gasteiger partial charge in [-0.2, -0.15) is 26.3 Å². The van der Waals surface area contributed by atoms with Crippen LogP contribution in [0.25, 0.3) is 65.0 Å². The zero-order valence-electron chi connectivity index (χ0n) is 24.6. The summed E-state index contributed by atoms with van der Waals surface area (Å²) in [6, 6.07) is 27.4. The summed E-state index contributed by atoms with van der Waals surface area (Å²) in [5, 5.41) is 6.70. The third-order valence-corrected chi connectivity index (χ3v) is 13.4. The predicted molar refractivity (Wildman–Crippen MR) is 175 cm³/mol. The van der Waals surface area contributed by atoms with Crippen molar-refractivity contribution in [2.24, 2.45) is 0 Å². The first-order valence-corrected chi connectivity index (χ1v) is 17.4. The van der Waals surface area contributed by atoms with Gasteiger partial charge in [0.1, 0.15) is 5.75 Å². The van der Waals surface area contributed by atoms with Crippen LogP contribution in [-0.4, -0.2) is 39.5 Å². The Morgan fingerprint density at radius 1 is 0.583 bits per heavy atom. The van der Waals surface area contributed by atoms with Gasteiger partial charge < -0.3 is 4.74 Å². The number of halogens is 6. The van der Waals surface area contributed by atoms with E-state index in [-0.39, 0.29) is 16.5 Å². The molecule has 0 bridgehead atoms. The first kappa shape index (κ1) is 32.0. The highest BCUT2D eigenvalue weighted by Crippen LogP contribution is 2.48. The van der Waals surface area contributed by atoms with E-state index >= 15 is 0 Å². The lowest BCUT2D eigenvalue weighted by Crippen LogP contribution is -2.46. The molecular formula is C35H22F6O5S2. The number of benzene rings is 7. The van der Waals surface area contributed by atoms with Crippen molar-refractivity contribution in [3.63, 3.8) is 0 Å². The average Bonchev–Trinajstić information content (AvgIpc) is 3.04. The summed E-state index contributed by atoms with van der Waals surface area (Å²) in [5.74, 6) is 0.394. The van der Waals surface area contributed by atoms with E-state index in [1.54, 1.807) is 18.2 Å². The normalized spacial score (nSPS) is 13.5. The fourth-order valence-corrected chi connectivity index (χ4v) is 10.1. The van der Waals surface area contributed by atoms with Gasteiger partial charge in [-0.25, -0.2) is 16.8 Å². The number of alkyl halides is 6. The number of ether oxygens (including phenoxy) is 1. The molecule has 13 heteroatoms. The van der Waals surface area contributed by atoms with Crippen molar-refractivity contribution in [1.82, 2.24) is 0 Å². The summed E-state index contributed by atoms with van der Waals surface area (Å²) in [6.45, 7) is 0. The van der Waals surface area contributed by atoms with Crippen LogP contribution in [-0.2, 0) is 26.1 Å². The van der Waals surface area contributed by atoms with E-state index in [0.29, 0.717) is 32.9 Å². The van der Waals surface area contributed by atoms with Gasteiger partial charge in [0.15, 0.2) is 4.58 Å². The second-order valence-electron chi connectivity index (χ2n) is 11.4. The molecular weight excluding hydrogens is 679 g/mol. The van der Waals surface area contributed by atoms with Crippen LogP contribution in [0.3, 0.4) is 0 Å². The minimum atomic E-state index is -6.91. The van der Waals surface area contributed by atoms with Crippen LogP contribution in [0.15, 0.2) is 97.1 Å². The van der Waals surface area contributed by atoms with E-state index in [0.717, 1.165) is 26.9 Å². The van der Waals surface area contributed by atoms with Crippen molar-refractivity contribution >= 4 is 73.5 Å². The maximum atomic E-state index is 13.9. The highest BCUT2D eigenvalue weighted by molar-refractivity contribution is 8.09. The molecule has 5 nitrogen and oxygen atoms in total. The van der Waals surface area contributed by atoms with Gasteiger partial charge in [-0.1, -0.05) is 78.9 Å². The minimum absolute atomic E-state index is 0.0941. The summed E-state index contributed by atoms with van der Waals surface area (Å²) < 4.78 is 136. The lowest BCUT2D eigenvalue weighted by atomic mass is 9.83. The zero-order chi connectivity index (χ0) is 34.4. The Kier molecular flexibility index (Phi) is 7.12. The van der Waals surface area contributed by atoms with Crippen molar-refractivity contribution in [3.05, 3.63) is 103 Å². The molecule has 0 heterocycles. The van der Waals surface area contributed by atoms with Gasteiger partial charge in [0.2, 0.25) is 0 Å². The first-order valence-electron chi connectivity index (χ1n) is 14.3. The van der Waals surface area contributed by atoms with E-state index in [1.165, 1.54) is 43.5 Å². The molecule has 0 spiro atoms. The van der Waals surface area contributed by atoms with Crippen LogP contribution in [0, 0.1) is 0 Å². The Hall–Kier alpha value is -4.62. The Labute approximate surface area is 269 Å². The number of hydrogen-bond acceptors (Lipinski definition) is 5. The summed E-state index contributed by atoms with van der Waals surface area (Å²) in [5.41, 5.74) is -12.5. The molecule has 0 aliphatic rings. The summed E-state index contributed by atoms with van der Waals surface area (Å²) >= 11 is 0. The molecule has 48 heavy (non-hydrogen) atoms. The van der Waals surface area contributed by atoms with Gasteiger partial charge in [0.05, 0.1) is 7.11 Å². The Bertz CT molecular complexity index is 2570. The number of fused-ring (bicyclic) bond motifs is 4. The number of sulfone groups is 2. The fourth-order valence-electron chi connectivity index (χ4n) is 6.71. The Morgan fingerprint density at radius 3 is 1.73 bits per heavy atom. The largest absolute Gasteiger partial charge is 0.498 e. The topological polar surface area (TPSA) is 77.5 Å². The second kappa shape index (κ2) is 10.7. The first-order chi connectivity index (χ1) is 22.6. The van der Waals surface area contributed by atoms with Crippen LogP contribution in [0.4, 0.5) is 26.3 Å². The Morgan fingerprint density at radius 2 is 1.15 bits per heavy atom. The molecule has 246 valence electrons. The monoisotopic (exact) mass is 700 g/mol. The molecule has 0 fully saturated rings. The molecule has 0 aliphatic heterocycles. The summed E-state index contributed by atoms with van der Waals surface area (Å²) in [6.07, 6.45) is -1.63. The number of rotatable bonds is 6. The van der Waals surface area contributed by atoms with E-state index < -0.39 is 41.7 Å². The highest BCUT2D eigenvalue weighted by Gasteiger charge is 2.62. The van der Waals surface area contributed by atoms with Gasteiger partial charge in [0, 0.05) is 6.42 Å². The molecule has 7 aromatic carbocycles. The standard InChI is InChI=1S/C35H22F6O5S2/c1-46-23-14-11-21(12-15-23)31-27(18-29(47(42,43)34(36,37)38)48(44,45)35(39,40)41)24-7-2-3-8-25(24)33-26-16-13-20-6-4-5-19-9-10-22(17-28(31)33)32(26)30(19)20/h2-17,29H,18H2,1H3. The quantitative estimate of drug-likeness (QED) is 0.0982. The predicted octanol–water partition coefficient (Wildman–Crippen LogP) is 9.30. The molecule has 0 aliphatic carbocycles. The van der Waals surface area contributed by atoms with Crippen LogP contribution in [0.2, 0.25) is 0 Å². The molecule has 0 radical (unpaired) electrons. The maximum Gasteiger partial charge on any atom is 0.498 e. The third kappa shape index (κ3) is 4.66. The molecule has 0 atom stereocenters. The van der Waals surface area contributed by atoms with Crippen molar-refractivity contribution < 1.29 is 47.9 Å². The summed E-state index contributed by atoms with van der Waals surface area (Å²) in [7, 11) is -12.4. The van der Waals surface area contributed by atoms with Crippen LogP contribution in [0.1, 0.15) is 5.56 Å². The maximum absolute atomic E-state index is 13.9. The molecule has 0 N–H and O–H groups in total. The smallest absolute Gasteiger partial charge is 0.497 e. The van der Waals surface area contributed by atoms with Gasteiger partial charge >= 0.3 is 11.0 Å². The zero-order valence-corrected chi connectivity index (χ0v) is 26.3. The fraction of sp³-hybridized carbons (Fsp3) is 0.143.